The van der Waals surface area contributed by atoms with Crippen LogP contribution in [0.15, 0.2) is 71.6 Å². The Hall–Kier alpha value is -2.98. The Kier molecular flexibility index (Phi) is 8.52. The number of unbranched alkanes of at least 4 members (excludes halogenated alkanes) is 1. The molecule has 0 bridgehead atoms. The molecule has 204 valence electrons. The Morgan fingerprint density at radius 1 is 1.00 bits per heavy atom. The van der Waals surface area contributed by atoms with E-state index in [4.69, 9.17) is 11.6 Å². The first-order valence-corrected chi connectivity index (χ1v) is 16.1. The summed E-state index contributed by atoms with van der Waals surface area (Å²) in [5.74, 6) is -0.221. The zero-order chi connectivity index (χ0) is 27.4. The van der Waals surface area contributed by atoms with Crippen LogP contribution in [0, 0.1) is 0 Å². The van der Waals surface area contributed by atoms with E-state index in [1.54, 1.807) is 35.0 Å². The fourth-order valence-corrected chi connectivity index (χ4v) is 6.63. The number of hydrogen-bond donors (Lipinski definition) is 1. The maximum atomic E-state index is 13.1. The first kappa shape index (κ1) is 27.6. The van der Waals surface area contributed by atoms with E-state index in [1.807, 2.05) is 36.4 Å². The monoisotopic (exact) mass is 582 g/mol. The van der Waals surface area contributed by atoms with Gasteiger partial charge in [0.2, 0.25) is 0 Å². The quantitative estimate of drug-likeness (QED) is 0.234. The van der Waals surface area contributed by atoms with Gasteiger partial charge in [-0.1, -0.05) is 35.9 Å². The predicted molar refractivity (Wildman–Crippen MR) is 158 cm³/mol. The standard InChI is InChI=1S/C29H31ClN4O3S2/c1-39(36,37)22-10-8-9-21(19-22)27-13-14-28(38-27)26-20-24(32-34(26)25-12-3-2-11-23(25)30)29(35)31-15-4-5-16-33-17-6-7-18-33/h2-3,8-14,19-20H,4-7,15-18H2,1H3,(H,31,35). The number of halogens is 1. The highest BCUT2D eigenvalue weighted by molar-refractivity contribution is 7.90. The van der Waals surface area contributed by atoms with Gasteiger partial charge < -0.3 is 10.2 Å². The van der Waals surface area contributed by atoms with Crippen molar-refractivity contribution in [1.29, 1.82) is 0 Å². The van der Waals surface area contributed by atoms with Gasteiger partial charge in [-0.25, -0.2) is 13.1 Å². The maximum Gasteiger partial charge on any atom is 0.271 e. The molecular formula is C29H31ClN4O3S2. The number of carbonyl (C=O) groups excluding carboxylic acids is 1. The summed E-state index contributed by atoms with van der Waals surface area (Å²) in [5, 5.41) is 8.18. The number of carbonyl (C=O) groups is 1. The highest BCUT2D eigenvalue weighted by atomic mass is 35.5. The van der Waals surface area contributed by atoms with E-state index in [2.05, 4.69) is 15.3 Å². The molecule has 2 aromatic carbocycles. The molecule has 0 saturated carbocycles. The number of nitrogens with one attached hydrogen (secondary N) is 1. The lowest BCUT2D eigenvalue weighted by Crippen LogP contribution is -2.26. The fourth-order valence-electron chi connectivity index (χ4n) is 4.74. The summed E-state index contributed by atoms with van der Waals surface area (Å²) in [5.41, 5.74) is 2.54. The van der Waals surface area contributed by atoms with Crippen LogP contribution in [-0.4, -0.2) is 61.4 Å². The van der Waals surface area contributed by atoms with Gasteiger partial charge in [-0.3, -0.25) is 4.79 Å². The van der Waals surface area contributed by atoms with E-state index in [1.165, 1.54) is 43.5 Å². The molecule has 39 heavy (non-hydrogen) atoms. The van der Waals surface area contributed by atoms with Crippen molar-refractivity contribution in [3.63, 3.8) is 0 Å². The van der Waals surface area contributed by atoms with Crippen molar-refractivity contribution >= 4 is 38.7 Å². The van der Waals surface area contributed by atoms with Crippen LogP contribution in [0.3, 0.4) is 0 Å². The van der Waals surface area contributed by atoms with Crippen LogP contribution >= 0.6 is 22.9 Å². The maximum absolute atomic E-state index is 13.1. The van der Waals surface area contributed by atoms with E-state index < -0.39 is 9.84 Å². The second kappa shape index (κ2) is 12.0. The molecule has 5 rings (SSSR count). The van der Waals surface area contributed by atoms with Crippen LogP contribution in [0.5, 0.6) is 0 Å². The Balaban J connectivity index is 1.38. The molecule has 1 saturated heterocycles. The van der Waals surface area contributed by atoms with Crippen LogP contribution in [0.2, 0.25) is 5.02 Å². The summed E-state index contributed by atoms with van der Waals surface area (Å²) in [6.07, 6.45) is 5.74. The minimum atomic E-state index is -3.32. The molecule has 0 aliphatic carbocycles. The first-order valence-electron chi connectivity index (χ1n) is 13.1. The van der Waals surface area contributed by atoms with E-state index in [-0.39, 0.29) is 10.8 Å². The number of sulfone groups is 1. The number of thiophene rings is 1. The molecule has 1 N–H and O–H groups in total. The second-order valence-electron chi connectivity index (χ2n) is 9.75. The molecular weight excluding hydrogens is 552 g/mol. The Labute approximate surface area is 238 Å². The second-order valence-corrected chi connectivity index (χ2v) is 13.3. The summed E-state index contributed by atoms with van der Waals surface area (Å²) >= 11 is 8.02. The first-order chi connectivity index (χ1) is 18.8. The molecule has 3 heterocycles. The molecule has 1 aliphatic heterocycles. The van der Waals surface area contributed by atoms with Crippen LogP contribution < -0.4 is 5.32 Å². The molecule has 10 heteroatoms. The summed E-state index contributed by atoms with van der Waals surface area (Å²) in [6, 6.07) is 20.0. The molecule has 0 radical (unpaired) electrons. The lowest BCUT2D eigenvalue weighted by Gasteiger charge is -2.13. The van der Waals surface area contributed by atoms with Gasteiger partial charge in [-0.05, 0) is 93.3 Å². The van der Waals surface area contributed by atoms with E-state index in [0.717, 1.165) is 40.4 Å². The zero-order valence-electron chi connectivity index (χ0n) is 21.8. The number of amides is 1. The highest BCUT2D eigenvalue weighted by Gasteiger charge is 2.20. The number of hydrogen-bond acceptors (Lipinski definition) is 6. The van der Waals surface area contributed by atoms with Crippen LogP contribution in [0.25, 0.3) is 26.7 Å². The van der Waals surface area contributed by atoms with Gasteiger partial charge in [0.1, 0.15) is 0 Å². The van der Waals surface area contributed by atoms with Crippen molar-refractivity contribution in [3.05, 3.63) is 77.4 Å². The average molecular weight is 583 g/mol. The molecule has 0 spiro atoms. The van der Waals surface area contributed by atoms with Crippen LogP contribution in [-0.2, 0) is 9.84 Å². The van der Waals surface area contributed by atoms with Crippen LogP contribution in [0.1, 0.15) is 36.2 Å². The lowest BCUT2D eigenvalue weighted by atomic mass is 10.2. The molecule has 1 aliphatic rings. The number of likely N-dealkylation sites (tertiary alicyclic amines) is 1. The third kappa shape index (κ3) is 6.61. The lowest BCUT2D eigenvalue weighted by molar-refractivity contribution is 0.0947. The number of nitrogens with zero attached hydrogens (tertiary/aromatic N) is 3. The van der Waals surface area contributed by atoms with Gasteiger partial charge in [0.25, 0.3) is 5.91 Å². The van der Waals surface area contributed by atoms with Crippen molar-refractivity contribution < 1.29 is 13.2 Å². The predicted octanol–water partition coefficient (Wildman–Crippen LogP) is 5.93. The van der Waals surface area contributed by atoms with Gasteiger partial charge in [0.15, 0.2) is 15.5 Å². The van der Waals surface area contributed by atoms with Gasteiger partial charge in [-0.15, -0.1) is 11.3 Å². The molecule has 4 aromatic rings. The van der Waals surface area contributed by atoms with E-state index in [0.29, 0.717) is 22.9 Å². The normalized spacial score (nSPS) is 14.1. The third-order valence-electron chi connectivity index (χ3n) is 6.81. The molecule has 0 atom stereocenters. The molecule has 0 unspecified atom stereocenters. The molecule has 1 amide bonds. The van der Waals surface area contributed by atoms with Gasteiger partial charge in [0, 0.05) is 17.7 Å². The summed E-state index contributed by atoms with van der Waals surface area (Å²) in [4.78, 5) is 17.6. The van der Waals surface area contributed by atoms with Crippen LogP contribution in [0.4, 0.5) is 0 Å². The summed E-state index contributed by atoms with van der Waals surface area (Å²) < 4.78 is 25.8. The third-order valence-corrected chi connectivity index (χ3v) is 9.40. The molecule has 1 fully saturated rings. The van der Waals surface area contributed by atoms with Crippen molar-refractivity contribution in [1.82, 2.24) is 20.0 Å². The smallest absolute Gasteiger partial charge is 0.271 e. The summed E-state index contributed by atoms with van der Waals surface area (Å²) in [6.45, 7) is 4.04. The number of aromatic nitrogens is 2. The van der Waals surface area contributed by atoms with Gasteiger partial charge >= 0.3 is 0 Å². The number of rotatable bonds is 10. The average Bonchev–Trinajstić information content (AvgIpc) is 3.69. The van der Waals surface area contributed by atoms with Crippen molar-refractivity contribution in [2.45, 2.75) is 30.6 Å². The SMILES string of the molecule is CS(=O)(=O)c1cccc(-c2ccc(-c3cc(C(=O)NCCCCN4CCCC4)nn3-c3ccccc3Cl)s2)c1. The number of para-hydroxylation sites is 1. The minimum absolute atomic E-state index is 0.221. The van der Waals surface area contributed by atoms with Crippen molar-refractivity contribution in [3.8, 4) is 26.7 Å². The van der Waals surface area contributed by atoms with Crippen molar-refractivity contribution in [2.75, 3.05) is 32.4 Å². The summed E-state index contributed by atoms with van der Waals surface area (Å²) in [7, 11) is -3.32. The topological polar surface area (TPSA) is 84.3 Å². The molecule has 2 aromatic heterocycles. The molecule has 7 nitrogen and oxygen atoms in total. The fraction of sp³-hybridized carbons (Fsp3) is 0.310. The zero-order valence-corrected chi connectivity index (χ0v) is 24.2. The Bertz CT molecular complexity index is 1570. The van der Waals surface area contributed by atoms with E-state index >= 15 is 0 Å². The van der Waals surface area contributed by atoms with Gasteiger partial charge in [-0.2, -0.15) is 5.10 Å². The largest absolute Gasteiger partial charge is 0.351 e. The van der Waals surface area contributed by atoms with E-state index in [9.17, 15) is 13.2 Å². The van der Waals surface area contributed by atoms with Crippen molar-refractivity contribution in [2.24, 2.45) is 0 Å². The Morgan fingerprint density at radius 3 is 2.54 bits per heavy atom. The Morgan fingerprint density at radius 2 is 1.77 bits per heavy atom. The highest BCUT2D eigenvalue weighted by Crippen LogP contribution is 2.37. The van der Waals surface area contributed by atoms with Gasteiger partial charge in [0.05, 0.1) is 26.2 Å². The number of benzene rings is 2. The minimum Gasteiger partial charge on any atom is -0.351 e.